The molecule has 1 fully saturated rings. The number of carbonyl (C=O) groups is 3. The first-order chi connectivity index (χ1) is 22.2. The molecule has 1 saturated heterocycles. The lowest BCUT2D eigenvalue weighted by Crippen LogP contribution is -2.40. The second-order valence-corrected chi connectivity index (χ2v) is 10.4. The highest BCUT2D eigenvalue weighted by Crippen LogP contribution is 2.29. The average molecular weight is 641 g/mol. The van der Waals surface area contributed by atoms with Gasteiger partial charge >= 0.3 is 6.09 Å². The van der Waals surface area contributed by atoms with E-state index in [1.54, 1.807) is 0 Å². The zero-order valence-corrected chi connectivity index (χ0v) is 26.7. The number of nitrogens with one attached hydrogen (secondary N) is 1. The molecule has 0 bridgehead atoms. The summed E-state index contributed by atoms with van der Waals surface area (Å²) in [6.45, 7) is 2.47. The number of nitrogens with two attached hydrogens (primary N) is 1. The fraction of sp³-hybridized carbons (Fsp3) is 0.485. The SMILES string of the molecule is CC/C=C\C/C=C\C/C=C\C/C=C\C/C=C\C/C=C\CCC(=O)NCCN(C)C(=O)O[C@H]1O[C@@H](n2cnc(C(N)=O)n2)[C@H](O)[C@@H]1O. The number of allylic oxidation sites excluding steroid dienone is 12. The minimum atomic E-state index is -1.57. The number of aromatic nitrogens is 3. The molecule has 46 heavy (non-hydrogen) atoms. The predicted octanol–water partition coefficient (Wildman–Crippen LogP) is 3.62. The first-order valence-corrected chi connectivity index (χ1v) is 15.6. The number of ether oxygens (including phenoxy) is 2. The summed E-state index contributed by atoms with van der Waals surface area (Å²) < 4.78 is 11.6. The van der Waals surface area contributed by atoms with Gasteiger partial charge in [0.2, 0.25) is 18.0 Å². The third-order valence-electron chi connectivity index (χ3n) is 6.62. The van der Waals surface area contributed by atoms with Gasteiger partial charge in [0, 0.05) is 26.6 Å². The summed E-state index contributed by atoms with van der Waals surface area (Å²) in [4.78, 5) is 40.6. The van der Waals surface area contributed by atoms with Crippen LogP contribution >= 0.6 is 0 Å². The molecule has 2 rings (SSSR count). The largest absolute Gasteiger partial charge is 0.416 e. The molecule has 1 aromatic rings. The number of likely N-dealkylation sites (N-methyl/N-ethyl adjacent to an activating group) is 1. The highest BCUT2D eigenvalue weighted by atomic mass is 16.7. The van der Waals surface area contributed by atoms with Gasteiger partial charge < -0.3 is 35.6 Å². The molecule has 2 heterocycles. The Bertz CT molecular complexity index is 1250. The second-order valence-electron chi connectivity index (χ2n) is 10.4. The van der Waals surface area contributed by atoms with Gasteiger partial charge in [-0.1, -0.05) is 79.8 Å². The Labute approximate surface area is 270 Å². The van der Waals surface area contributed by atoms with E-state index in [1.807, 2.05) is 12.2 Å². The molecule has 0 aromatic carbocycles. The van der Waals surface area contributed by atoms with Crippen molar-refractivity contribution < 1.29 is 34.1 Å². The van der Waals surface area contributed by atoms with Gasteiger partial charge in [-0.2, -0.15) is 0 Å². The Kier molecular flexibility index (Phi) is 18.3. The molecule has 13 heteroatoms. The number of rotatable bonds is 20. The molecule has 0 saturated carbocycles. The summed E-state index contributed by atoms with van der Waals surface area (Å²) in [6, 6.07) is 0. The molecule has 252 valence electrons. The Balaban J connectivity index is 1.52. The van der Waals surface area contributed by atoms with E-state index in [1.165, 1.54) is 11.9 Å². The highest BCUT2D eigenvalue weighted by molar-refractivity contribution is 5.88. The summed E-state index contributed by atoms with van der Waals surface area (Å²) >= 11 is 0. The third kappa shape index (κ3) is 14.6. The molecule has 1 aliphatic rings. The van der Waals surface area contributed by atoms with Gasteiger partial charge in [-0.25, -0.2) is 14.5 Å². The minimum absolute atomic E-state index is 0.143. The van der Waals surface area contributed by atoms with E-state index >= 15 is 0 Å². The molecule has 0 aliphatic carbocycles. The lowest BCUT2D eigenvalue weighted by molar-refractivity contribution is -0.150. The van der Waals surface area contributed by atoms with Crippen molar-refractivity contribution in [1.82, 2.24) is 25.0 Å². The standard InChI is InChI=1S/C33H48N6O7/c1-3-4-5-6-7-8-9-10-11-12-13-14-15-16-17-18-19-20-21-22-26(40)35-23-24-38(2)33(44)46-32-28(42)27(41)31(45-32)39-25-36-30(37-39)29(34)43/h4-5,7-8,10-11,13-14,16-17,19-20,25,27-28,31-32,41-42H,3,6,9,12,15,18,21-24H2,1-2H3,(H2,34,43)(H,35,40)/b5-4-,8-7-,11-10-,14-13-,17-16-,20-19-/t27-,28+,31-,32-/m1/s1. The Hall–Kier alpha value is -4.33. The lowest BCUT2D eigenvalue weighted by Gasteiger charge is -2.21. The number of aliphatic hydroxyl groups excluding tert-OH is 2. The van der Waals surface area contributed by atoms with Crippen LogP contribution in [0.4, 0.5) is 4.79 Å². The Morgan fingerprint density at radius 3 is 2.00 bits per heavy atom. The highest BCUT2D eigenvalue weighted by Gasteiger charge is 2.47. The molecule has 4 atom stereocenters. The van der Waals surface area contributed by atoms with Gasteiger partial charge in [0.15, 0.2) is 6.23 Å². The quantitative estimate of drug-likeness (QED) is 0.155. The van der Waals surface area contributed by atoms with Crippen LogP contribution in [-0.2, 0) is 14.3 Å². The molecule has 1 aliphatic heterocycles. The van der Waals surface area contributed by atoms with Gasteiger partial charge in [-0.05, 0) is 44.9 Å². The molecule has 5 N–H and O–H groups in total. The summed E-state index contributed by atoms with van der Waals surface area (Å²) in [5.74, 6) is -1.33. The van der Waals surface area contributed by atoms with Crippen LogP contribution in [0.2, 0.25) is 0 Å². The Morgan fingerprint density at radius 2 is 1.48 bits per heavy atom. The minimum Gasteiger partial charge on any atom is -0.416 e. The van der Waals surface area contributed by atoms with Crippen molar-refractivity contribution in [2.45, 2.75) is 83.0 Å². The number of carbonyl (C=O) groups excluding carboxylic acids is 3. The summed E-state index contributed by atoms with van der Waals surface area (Å²) in [7, 11) is 1.46. The second kappa shape index (κ2) is 22.2. The number of aliphatic hydroxyl groups is 2. The van der Waals surface area contributed by atoms with Gasteiger partial charge in [-0.15, -0.1) is 5.10 Å². The van der Waals surface area contributed by atoms with Gasteiger partial charge in [0.25, 0.3) is 5.91 Å². The molecular weight excluding hydrogens is 592 g/mol. The smallest absolute Gasteiger partial charge is 0.411 e. The topological polar surface area (TPSA) is 182 Å². The van der Waals surface area contributed by atoms with E-state index in [9.17, 15) is 24.6 Å². The molecule has 13 nitrogen and oxygen atoms in total. The maximum Gasteiger partial charge on any atom is 0.411 e. The lowest BCUT2D eigenvalue weighted by atomic mass is 10.2. The number of amides is 3. The number of nitrogens with zero attached hydrogens (tertiary/aromatic N) is 4. The maximum absolute atomic E-state index is 12.4. The van der Waals surface area contributed by atoms with Gasteiger partial charge in [0.05, 0.1) is 0 Å². The van der Waals surface area contributed by atoms with Crippen molar-refractivity contribution in [1.29, 1.82) is 0 Å². The molecule has 0 radical (unpaired) electrons. The summed E-state index contributed by atoms with van der Waals surface area (Å²) in [6.07, 6.45) is 26.6. The fourth-order valence-electron chi connectivity index (χ4n) is 4.04. The van der Waals surface area contributed by atoms with Crippen LogP contribution in [0.3, 0.4) is 0 Å². The van der Waals surface area contributed by atoms with Crippen molar-refractivity contribution in [3.05, 3.63) is 85.1 Å². The molecule has 0 unspecified atom stereocenters. The van der Waals surface area contributed by atoms with Crippen molar-refractivity contribution in [2.24, 2.45) is 5.73 Å². The molecule has 1 aromatic heterocycles. The molecular formula is C33H48N6O7. The first kappa shape index (κ1) is 37.9. The number of primary amides is 1. The van der Waals surface area contributed by atoms with Crippen LogP contribution in [0.5, 0.6) is 0 Å². The average Bonchev–Trinajstić information content (AvgIpc) is 3.63. The zero-order chi connectivity index (χ0) is 33.6. The monoisotopic (exact) mass is 640 g/mol. The van der Waals surface area contributed by atoms with Crippen molar-refractivity contribution in [2.75, 3.05) is 20.1 Å². The van der Waals surface area contributed by atoms with Crippen LogP contribution in [0.15, 0.2) is 79.2 Å². The van der Waals surface area contributed by atoms with Crippen LogP contribution < -0.4 is 11.1 Å². The van der Waals surface area contributed by atoms with Crippen LogP contribution in [0.1, 0.15) is 75.1 Å². The van der Waals surface area contributed by atoms with Crippen LogP contribution in [-0.4, -0.2) is 86.4 Å². The first-order valence-electron chi connectivity index (χ1n) is 15.6. The van der Waals surface area contributed by atoms with Gasteiger partial charge in [-0.3, -0.25) is 9.59 Å². The zero-order valence-electron chi connectivity index (χ0n) is 26.7. The molecule has 3 amide bonds. The summed E-state index contributed by atoms with van der Waals surface area (Å²) in [5.41, 5.74) is 5.12. The van der Waals surface area contributed by atoms with E-state index in [0.717, 1.165) is 49.5 Å². The van der Waals surface area contributed by atoms with E-state index in [-0.39, 0.29) is 24.8 Å². The maximum atomic E-state index is 12.4. The van der Waals surface area contributed by atoms with E-state index in [2.05, 4.69) is 83.1 Å². The number of hydrogen-bond acceptors (Lipinski definition) is 9. The van der Waals surface area contributed by atoms with Crippen LogP contribution in [0, 0.1) is 0 Å². The van der Waals surface area contributed by atoms with Crippen molar-refractivity contribution in [3.63, 3.8) is 0 Å². The molecule has 0 spiro atoms. The predicted molar refractivity (Wildman–Crippen MR) is 174 cm³/mol. The third-order valence-corrected chi connectivity index (χ3v) is 6.62. The van der Waals surface area contributed by atoms with Gasteiger partial charge in [0.1, 0.15) is 18.5 Å². The van der Waals surface area contributed by atoms with Crippen molar-refractivity contribution in [3.8, 4) is 0 Å². The van der Waals surface area contributed by atoms with E-state index in [0.29, 0.717) is 12.8 Å². The Morgan fingerprint density at radius 1 is 0.935 bits per heavy atom. The normalized spacial score (nSPS) is 20.3. The van der Waals surface area contributed by atoms with E-state index in [4.69, 9.17) is 15.2 Å². The summed E-state index contributed by atoms with van der Waals surface area (Å²) in [5, 5.41) is 27.0. The van der Waals surface area contributed by atoms with Crippen LogP contribution in [0.25, 0.3) is 0 Å². The van der Waals surface area contributed by atoms with E-state index < -0.39 is 36.7 Å². The number of hydrogen-bond donors (Lipinski definition) is 4. The van der Waals surface area contributed by atoms with Crippen molar-refractivity contribution >= 4 is 17.9 Å². The fourth-order valence-corrected chi connectivity index (χ4v) is 4.04.